The quantitative estimate of drug-likeness (QED) is 0.623. The van der Waals surface area contributed by atoms with Gasteiger partial charge in [0, 0.05) is 19.4 Å². The minimum absolute atomic E-state index is 0.106. The molecule has 160 valence electrons. The molecule has 1 N–H and O–H groups in total. The molecule has 2 aliphatic heterocycles. The van der Waals surface area contributed by atoms with Gasteiger partial charge in [-0.05, 0) is 85.9 Å². The molecule has 0 aromatic carbocycles. The van der Waals surface area contributed by atoms with Crippen LogP contribution in [0.3, 0.4) is 0 Å². The zero-order valence-corrected chi connectivity index (χ0v) is 18.0. The predicted molar refractivity (Wildman–Crippen MR) is 108 cm³/mol. The smallest absolute Gasteiger partial charge is 0.172 e. The van der Waals surface area contributed by atoms with Gasteiger partial charge in [-0.3, -0.25) is 0 Å². The summed E-state index contributed by atoms with van der Waals surface area (Å²) >= 11 is 0. The largest absolute Gasteiger partial charge is 0.393 e. The van der Waals surface area contributed by atoms with E-state index in [0.717, 1.165) is 57.8 Å². The molecule has 0 amide bonds. The molecule has 4 saturated carbocycles. The lowest BCUT2D eigenvalue weighted by Gasteiger charge is -2.70. The Bertz CT molecular complexity index is 761. The highest BCUT2D eigenvalue weighted by Crippen LogP contribution is 2.79. The molecule has 0 radical (unpaired) electrons. The highest BCUT2D eigenvalue weighted by atomic mass is 16.7. The van der Waals surface area contributed by atoms with E-state index >= 15 is 0 Å². The Kier molecular flexibility index (Phi) is 3.44. The summed E-state index contributed by atoms with van der Waals surface area (Å²) < 4.78 is 18.4. The normalized spacial score (nSPS) is 59.2. The molecule has 7 rings (SSSR count). The van der Waals surface area contributed by atoms with Crippen molar-refractivity contribution in [3.63, 3.8) is 0 Å². The molecule has 2 saturated heterocycles. The van der Waals surface area contributed by atoms with E-state index < -0.39 is 0 Å². The maximum absolute atomic E-state index is 11.7. The zero-order chi connectivity index (χ0) is 19.6. The van der Waals surface area contributed by atoms with E-state index in [4.69, 9.17) is 14.2 Å². The maximum atomic E-state index is 11.7. The fourth-order valence-electron chi connectivity index (χ4n) is 10.5. The van der Waals surface area contributed by atoms with E-state index in [1.807, 2.05) is 0 Å². The first-order valence-corrected chi connectivity index (χ1v) is 12.2. The minimum Gasteiger partial charge on any atom is -0.393 e. The van der Waals surface area contributed by atoms with E-state index in [1.165, 1.54) is 24.8 Å². The summed E-state index contributed by atoms with van der Waals surface area (Å²) in [7, 11) is 0. The highest BCUT2D eigenvalue weighted by molar-refractivity contribution is 5.31. The minimum atomic E-state index is -0.367. The number of hydrogen-bond acceptors (Lipinski definition) is 4. The maximum Gasteiger partial charge on any atom is 0.172 e. The van der Waals surface area contributed by atoms with Gasteiger partial charge in [-0.25, -0.2) is 0 Å². The van der Waals surface area contributed by atoms with E-state index in [1.54, 1.807) is 0 Å². The van der Waals surface area contributed by atoms with Crippen molar-refractivity contribution in [2.45, 2.75) is 82.7 Å². The van der Waals surface area contributed by atoms with E-state index in [-0.39, 0.29) is 22.9 Å². The first-order chi connectivity index (χ1) is 13.9. The second-order valence-electron chi connectivity index (χ2n) is 11.9. The third-order valence-corrected chi connectivity index (χ3v) is 11.3. The topological polar surface area (TPSA) is 47.9 Å². The average molecular weight is 401 g/mol. The molecular formula is C25H36O4. The van der Waals surface area contributed by atoms with Crippen molar-refractivity contribution in [3.05, 3.63) is 11.6 Å². The van der Waals surface area contributed by atoms with Crippen molar-refractivity contribution in [2.24, 2.45) is 40.4 Å². The molecular weight excluding hydrogens is 364 g/mol. The van der Waals surface area contributed by atoms with Gasteiger partial charge >= 0.3 is 0 Å². The molecule has 29 heavy (non-hydrogen) atoms. The second kappa shape index (κ2) is 5.49. The van der Waals surface area contributed by atoms with Gasteiger partial charge in [-0.1, -0.05) is 18.6 Å². The molecule has 5 aliphatic carbocycles. The van der Waals surface area contributed by atoms with Crippen molar-refractivity contribution in [1.29, 1.82) is 0 Å². The molecule has 4 heteroatoms. The number of aliphatic hydroxyl groups is 1. The van der Waals surface area contributed by atoms with Gasteiger partial charge in [0.25, 0.3) is 0 Å². The Morgan fingerprint density at radius 3 is 2.59 bits per heavy atom. The summed E-state index contributed by atoms with van der Waals surface area (Å²) in [5.74, 6) is 2.82. The molecule has 2 heterocycles. The van der Waals surface area contributed by atoms with Gasteiger partial charge in [0.1, 0.15) is 0 Å². The van der Waals surface area contributed by atoms with Crippen LogP contribution >= 0.6 is 0 Å². The number of aliphatic hydroxyl groups excluding tert-OH is 1. The average Bonchev–Trinajstić information content (AvgIpc) is 3.38. The number of fused-ring (bicyclic) bond motifs is 6. The van der Waals surface area contributed by atoms with Crippen LogP contribution in [-0.2, 0) is 14.2 Å². The summed E-state index contributed by atoms with van der Waals surface area (Å²) in [4.78, 5) is 0. The van der Waals surface area contributed by atoms with Gasteiger partial charge in [0.05, 0.1) is 24.9 Å². The van der Waals surface area contributed by atoms with Crippen LogP contribution in [0.2, 0.25) is 0 Å². The van der Waals surface area contributed by atoms with Crippen LogP contribution in [0, 0.1) is 40.4 Å². The van der Waals surface area contributed by atoms with Crippen molar-refractivity contribution in [1.82, 2.24) is 0 Å². The first-order valence-electron chi connectivity index (χ1n) is 12.2. The monoisotopic (exact) mass is 400 g/mol. The number of allylic oxidation sites excluding steroid dienone is 1. The summed E-state index contributed by atoms with van der Waals surface area (Å²) in [6, 6.07) is 0. The molecule has 9 atom stereocenters. The van der Waals surface area contributed by atoms with E-state index in [2.05, 4.69) is 19.9 Å². The van der Waals surface area contributed by atoms with E-state index in [9.17, 15) is 5.11 Å². The van der Waals surface area contributed by atoms with Crippen LogP contribution in [0.15, 0.2) is 11.6 Å². The predicted octanol–water partition coefficient (Wildman–Crippen LogP) is 4.07. The van der Waals surface area contributed by atoms with Crippen molar-refractivity contribution in [2.75, 3.05) is 19.8 Å². The molecule has 0 aromatic heterocycles. The van der Waals surface area contributed by atoms with Crippen LogP contribution in [0.5, 0.6) is 0 Å². The van der Waals surface area contributed by atoms with Gasteiger partial charge in [0.2, 0.25) is 0 Å². The molecule has 6 fully saturated rings. The molecule has 0 bridgehead atoms. The molecule has 2 spiro atoms. The van der Waals surface area contributed by atoms with Crippen molar-refractivity contribution in [3.8, 4) is 0 Å². The van der Waals surface area contributed by atoms with Crippen LogP contribution in [0.4, 0.5) is 0 Å². The van der Waals surface area contributed by atoms with Crippen LogP contribution in [0.25, 0.3) is 0 Å². The number of hydrogen-bond donors (Lipinski definition) is 1. The van der Waals surface area contributed by atoms with E-state index in [0.29, 0.717) is 29.1 Å². The number of ether oxygens (including phenoxy) is 3. The second-order valence-corrected chi connectivity index (χ2v) is 11.9. The number of rotatable bonds is 0. The van der Waals surface area contributed by atoms with Gasteiger partial charge in [-0.2, -0.15) is 0 Å². The fourth-order valence-corrected chi connectivity index (χ4v) is 10.5. The Balaban J connectivity index is 1.25. The third-order valence-electron chi connectivity index (χ3n) is 11.3. The van der Waals surface area contributed by atoms with Crippen molar-refractivity contribution >= 4 is 0 Å². The SMILES string of the molecule is CC12CCC3(CC1=CCC1C2C(O)CC24C1CCC2C1(C)OCCC14)OCCO3. The van der Waals surface area contributed by atoms with Gasteiger partial charge in [0.15, 0.2) is 5.79 Å². The van der Waals surface area contributed by atoms with Crippen molar-refractivity contribution < 1.29 is 19.3 Å². The summed E-state index contributed by atoms with van der Waals surface area (Å²) in [6.07, 6.45) is 11.4. The summed E-state index contributed by atoms with van der Waals surface area (Å²) in [5, 5.41) is 11.7. The van der Waals surface area contributed by atoms with Gasteiger partial charge in [-0.15, -0.1) is 0 Å². The summed E-state index contributed by atoms with van der Waals surface area (Å²) in [6.45, 7) is 7.22. The molecule has 9 unspecified atom stereocenters. The zero-order valence-electron chi connectivity index (χ0n) is 18.0. The van der Waals surface area contributed by atoms with Gasteiger partial charge < -0.3 is 19.3 Å². The lowest BCUT2D eigenvalue weighted by atomic mass is 9.36. The Morgan fingerprint density at radius 2 is 1.76 bits per heavy atom. The standard InChI is InChI=1S/C25H36O4/c1-22-8-9-24(28-11-12-29-24)13-15(22)3-4-16-17-5-6-19-23(2)20(7-10-27-23)25(17,19)14-18(26)21(16)22/h3,16-21,26H,4-14H2,1-2H3. The van der Waals surface area contributed by atoms with Crippen LogP contribution in [0.1, 0.15) is 65.2 Å². The Labute approximate surface area is 174 Å². The lowest BCUT2D eigenvalue weighted by molar-refractivity contribution is -0.269. The molecule has 0 aromatic rings. The van der Waals surface area contributed by atoms with Crippen LogP contribution in [-0.4, -0.2) is 42.4 Å². The third kappa shape index (κ3) is 1.93. The fraction of sp³-hybridized carbons (Fsp3) is 0.920. The lowest BCUT2D eigenvalue weighted by Crippen LogP contribution is -2.71. The molecule has 7 aliphatic rings. The summed E-state index contributed by atoms with van der Waals surface area (Å²) in [5.41, 5.74) is 2.09. The molecule has 4 nitrogen and oxygen atoms in total. The Hall–Kier alpha value is -0.420. The highest BCUT2D eigenvalue weighted by Gasteiger charge is 2.78. The van der Waals surface area contributed by atoms with Crippen LogP contribution < -0.4 is 0 Å². The Morgan fingerprint density at radius 1 is 0.966 bits per heavy atom. The first kappa shape index (κ1) is 18.2.